The summed E-state index contributed by atoms with van der Waals surface area (Å²) in [7, 11) is 4.20. The number of carboxylic acids is 2. The molecular weight excluding hydrogens is 378 g/mol. The molecule has 0 saturated carbocycles. The Morgan fingerprint density at radius 2 is 1.68 bits per heavy atom. The van der Waals surface area contributed by atoms with Gasteiger partial charge in [0.15, 0.2) is 0 Å². The Balaban J connectivity index is 0.000000409. The molecule has 0 aliphatic heterocycles. The number of nitrogens with zero attached hydrogens (tertiary/aromatic N) is 1. The molecule has 28 heavy (non-hydrogen) atoms. The maximum absolute atomic E-state index is 9.10. The third-order valence-corrected chi connectivity index (χ3v) is 4.87. The quantitative estimate of drug-likeness (QED) is 0.604. The standard InChI is InChI=1S/C19H21NOS.C2H2O4/c1-20(2)13-12-18(19-11-6-14-22-19)21-17-10-5-8-15-7-3-4-9-16(15)17;3-1(4)2(5)6/h3-11,14,18H,12-13H2,1-2H3;(H,3,4)(H,5,6). The lowest BCUT2D eigenvalue weighted by Gasteiger charge is -2.21. The van der Waals surface area contributed by atoms with E-state index in [0.717, 1.165) is 18.7 Å². The minimum atomic E-state index is -1.82. The van der Waals surface area contributed by atoms with E-state index < -0.39 is 11.9 Å². The summed E-state index contributed by atoms with van der Waals surface area (Å²) in [6.07, 6.45) is 1.09. The highest BCUT2D eigenvalue weighted by Crippen LogP contribution is 2.32. The maximum atomic E-state index is 9.10. The largest absolute Gasteiger partial charge is 0.484 e. The van der Waals surface area contributed by atoms with E-state index in [1.54, 1.807) is 11.3 Å². The van der Waals surface area contributed by atoms with Gasteiger partial charge >= 0.3 is 11.9 Å². The fraction of sp³-hybridized carbons (Fsp3) is 0.238. The molecule has 0 bridgehead atoms. The number of ether oxygens (including phenoxy) is 1. The third-order valence-electron chi connectivity index (χ3n) is 3.90. The summed E-state index contributed by atoms with van der Waals surface area (Å²) in [5.41, 5.74) is 0. The Labute approximate surface area is 167 Å². The van der Waals surface area contributed by atoms with Crippen LogP contribution in [0.4, 0.5) is 0 Å². The van der Waals surface area contributed by atoms with Gasteiger partial charge in [-0.3, -0.25) is 0 Å². The summed E-state index contributed by atoms with van der Waals surface area (Å²) in [6, 6.07) is 18.9. The van der Waals surface area contributed by atoms with Gasteiger partial charge < -0.3 is 19.8 Å². The van der Waals surface area contributed by atoms with Gasteiger partial charge in [-0.05, 0) is 37.0 Å². The van der Waals surface area contributed by atoms with Gasteiger partial charge in [0.2, 0.25) is 0 Å². The number of thiophene rings is 1. The second kappa shape index (κ2) is 10.4. The highest BCUT2D eigenvalue weighted by Gasteiger charge is 2.16. The summed E-state index contributed by atoms with van der Waals surface area (Å²) >= 11 is 1.76. The van der Waals surface area contributed by atoms with Crippen LogP contribution >= 0.6 is 11.3 Å². The topological polar surface area (TPSA) is 87.1 Å². The predicted molar refractivity (Wildman–Crippen MR) is 110 cm³/mol. The van der Waals surface area contributed by atoms with Crippen LogP contribution in [0.5, 0.6) is 5.75 Å². The van der Waals surface area contributed by atoms with Crippen LogP contribution in [0.3, 0.4) is 0 Å². The molecule has 0 aliphatic rings. The highest BCUT2D eigenvalue weighted by molar-refractivity contribution is 7.10. The first-order valence-corrected chi connectivity index (χ1v) is 9.55. The lowest BCUT2D eigenvalue weighted by atomic mass is 10.1. The van der Waals surface area contributed by atoms with Gasteiger partial charge in [-0.15, -0.1) is 11.3 Å². The van der Waals surface area contributed by atoms with Crippen molar-refractivity contribution in [1.82, 2.24) is 4.90 Å². The molecule has 3 rings (SSSR count). The first-order chi connectivity index (χ1) is 13.4. The first-order valence-electron chi connectivity index (χ1n) is 8.67. The smallest absolute Gasteiger partial charge is 0.414 e. The molecule has 0 fully saturated rings. The lowest BCUT2D eigenvalue weighted by molar-refractivity contribution is -0.159. The maximum Gasteiger partial charge on any atom is 0.414 e. The van der Waals surface area contributed by atoms with Gasteiger partial charge in [0.05, 0.1) is 0 Å². The van der Waals surface area contributed by atoms with Crippen molar-refractivity contribution in [3.63, 3.8) is 0 Å². The van der Waals surface area contributed by atoms with E-state index in [1.165, 1.54) is 15.6 Å². The van der Waals surface area contributed by atoms with Crippen LogP contribution in [0.15, 0.2) is 60.0 Å². The summed E-state index contributed by atoms with van der Waals surface area (Å²) in [4.78, 5) is 21.7. The van der Waals surface area contributed by atoms with E-state index >= 15 is 0 Å². The lowest BCUT2D eigenvalue weighted by Crippen LogP contribution is -2.18. The monoisotopic (exact) mass is 401 g/mol. The van der Waals surface area contributed by atoms with E-state index in [2.05, 4.69) is 79.0 Å². The number of fused-ring (bicyclic) bond motifs is 1. The minimum absolute atomic E-state index is 0.105. The van der Waals surface area contributed by atoms with Crippen LogP contribution < -0.4 is 4.74 Å². The Kier molecular flexibility index (Phi) is 7.98. The number of hydrogen-bond donors (Lipinski definition) is 2. The summed E-state index contributed by atoms with van der Waals surface area (Å²) in [5, 5.41) is 19.3. The fourth-order valence-corrected chi connectivity index (χ4v) is 3.35. The van der Waals surface area contributed by atoms with Crippen LogP contribution in [0.2, 0.25) is 0 Å². The molecule has 2 aromatic carbocycles. The molecule has 7 heteroatoms. The van der Waals surface area contributed by atoms with E-state index in [9.17, 15) is 0 Å². The molecule has 1 heterocycles. The molecule has 0 aliphatic carbocycles. The van der Waals surface area contributed by atoms with Crippen LogP contribution in [0, 0.1) is 0 Å². The van der Waals surface area contributed by atoms with E-state index in [4.69, 9.17) is 24.5 Å². The summed E-state index contributed by atoms with van der Waals surface area (Å²) in [5.74, 6) is -2.68. The van der Waals surface area contributed by atoms with E-state index in [1.807, 2.05) is 0 Å². The molecule has 1 aromatic heterocycles. The van der Waals surface area contributed by atoms with Crippen molar-refractivity contribution >= 4 is 34.0 Å². The number of rotatable bonds is 6. The van der Waals surface area contributed by atoms with Gasteiger partial charge in [-0.2, -0.15) is 0 Å². The number of carboxylic acid groups (broad SMARTS) is 2. The van der Waals surface area contributed by atoms with Crippen molar-refractivity contribution in [1.29, 1.82) is 0 Å². The SMILES string of the molecule is CN(C)CCC(Oc1cccc2ccccc12)c1cccs1.O=C(O)C(=O)O. The Hall–Kier alpha value is -2.90. The number of hydrogen-bond acceptors (Lipinski definition) is 5. The average Bonchev–Trinajstić information content (AvgIpc) is 3.20. The Morgan fingerprint density at radius 3 is 2.29 bits per heavy atom. The predicted octanol–water partition coefficient (Wildman–Crippen LogP) is 4.13. The summed E-state index contributed by atoms with van der Waals surface area (Å²) < 4.78 is 6.41. The zero-order valence-corrected chi connectivity index (χ0v) is 16.6. The highest BCUT2D eigenvalue weighted by atomic mass is 32.1. The van der Waals surface area contributed by atoms with Crippen molar-refractivity contribution in [2.24, 2.45) is 0 Å². The van der Waals surface area contributed by atoms with E-state index in [0.29, 0.717) is 0 Å². The fourth-order valence-electron chi connectivity index (χ4n) is 2.56. The van der Waals surface area contributed by atoms with Gasteiger partial charge in [-0.25, -0.2) is 9.59 Å². The van der Waals surface area contributed by atoms with Crippen LogP contribution in [-0.4, -0.2) is 47.7 Å². The normalized spacial score (nSPS) is 11.5. The number of carbonyl (C=O) groups is 2. The zero-order valence-electron chi connectivity index (χ0n) is 15.7. The molecule has 2 N–H and O–H groups in total. The van der Waals surface area contributed by atoms with Gasteiger partial charge in [0.25, 0.3) is 0 Å². The molecule has 6 nitrogen and oxygen atoms in total. The third kappa shape index (κ3) is 6.37. The van der Waals surface area contributed by atoms with Gasteiger partial charge in [-0.1, -0.05) is 42.5 Å². The molecule has 0 spiro atoms. The molecular formula is C21H23NO5S. The van der Waals surface area contributed by atoms with Gasteiger partial charge in [0.1, 0.15) is 11.9 Å². The average molecular weight is 401 g/mol. The second-order valence-electron chi connectivity index (χ2n) is 6.30. The minimum Gasteiger partial charge on any atom is -0.484 e. The van der Waals surface area contributed by atoms with Crippen molar-refractivity contribution in [3.8, 4) is 5.75 Å². The zero-order chi connectivity index (χ0) is 20.5. The van der Waals surface area contributed by atoms with Crippen LogP contribution in [-0.2, 0) is 9.59 Å². The Bertz CT molecular complexity index is 891. The molecule has 148 valence electrons. The van der Waals surface area contributed by atoms with Crippen LogP contribution in [0.1, 0.15) is 17.4 Å². The van der Waals surface area contributed by atoms with Crippen molar-refractivity contribution in [3.05, 3.63) is 64.9 Å². The number of aliphatic carboxylic acids is 2. The second-order valence-corrected chi connectivity index (χ2v) is 7.28. The number of benzene rings is 2. The first kappa shape index (κ1) is 21.4. The Morgan fingerprint density at radius 1 is 1.00 bits per heavy atom. The molecule has 1 unspecified atom stereocenters. The molecule has 0 radical (unpaired) electrons. The van der Waals surface area contributed by atoms with Crippen molar-refractivity contribution < 1.29 is 24.5 Å². The molecule has 3 aromatic rings. The molecule has 0 amide bonds. The molecule has 0 saturated heterocycles. The van der Waals surface area contributed by atoms with E-state index in [-0.39, 0.29) is 6.10 Å². The van der Waals surface area contributed by atoms with Crippen LogP contribution in [0.25, 0.3) is 10.8 Å². The van der Waals surface area contributed by atoms with Crippen molar-refractivity contribution in [2.75, 3.05) is 20.6 Å². The van der Waals surface area contributed by atoms with Crippen molar-refractivity contribution in [2.45, 2.75) is 12.5 Å². The van der Waals surface area contributed by atoms with Gasteiger partial charge in [0, 0.05) is 23.2 Å². The summed E-state index contributed by atoms with van der Waals surface area (Å²) in [6.45, 7) is 1.01. The molecule has 1 atom stereocenters.